The molecule has 9 heteroatoms. The molecule has 0 aliphatic rings. The summed E-state index contributed by atoms with van der Waals surface area (Å²) in [5, 5.41) is 23.1. The first-order chi connectivity index (χ1) is 10.6. The molecule has 0 atom stereocenters. The first kappa shape index (κ1) is 14.7. The van der Waals surface area contributed by atoms with Gasteiger partial charge in [0.15, 0.2) is 0 Å². The predicted octanol–water partition coefficient (Wildman–Crippen LogP) is 3.48. The van der Waals surface area contributed by atoms with E-state index in [9.17, 15) is 10.1 Å². The fourth-order valence-corrected chi connectivity index (χ4v) is 3.02. The molecule has 110 valence electrons. The number of hydrogen-bond acceptors (Lipinski definition) is 6. The van der Waals surface area contributed by atoms with E-state index in [1.54, 1.807) is 12.1 Å². The summed E-state index contributed by atoms with van der Waals surface area (Å²) in [4.78, 5) is 11.2. The van der Waals surface area contributed by atoms with Crippen molar-refractivity contribution in [3.05, 3.63) is 63.1 Å². The van der Waals surface area contributed by atoms with Gasteiger partial charge in [0.1, 0.15) is 0 Å². The normalized spacial score (nSPS) is 10.6. The molecule has 22 heavy (non-hydrogen) atoms. The minimum Gasteiger partial charge on any atom is -0.258 e. The first-order valence-electron chi connectivity index (χ1n) is 6.11. The number of nitro groups is 1. The number of benzene rings is 2. The second-order valence-corrected chi connectivity index (χ2v) is 6.10. The Bertz CT molecular complexity index is 824. The number of nitro benzene ring substituents is 1. The van der Waals surface area contributed by atoms with Gasteiger partial charge >= 0.3 is 0 Å². The van der Waals surface area contributed by atoms with Crippen LogP contribution in [0, 0.1) is 10.1 Å². The maximum atomic E-state index is 11.2. The van der Waals surface area contributed by atoms with Gasteiger partial charge in [-0.15, -0.1) is 5.10 Å². The Balaban J connectivity index is 1.99. The van der Waals surface area contributed by atoms with Crippen molar-refractivity contribution < 1.29 is 4.92 Å². The Hall–Kier alpha value is -2.26. The Morgan fingerprint density at radius 1 is 1.18 bits per heavy atom. The molecule has 7 nitrogen and oxygen atoms in total. The number of tetrazole rings is 1. The van der Waals surface area contributed by atoms with Crippen molar-refractivity contribution in [3.63, 3.8) is 0 Å². The van der Waals surface area contributed by atoms with Crippen molar-refractivity contribution in [2.24, 2.45) is 0 Å². The zero-order chi connectivity index (χ0) is 15.5. The van der Waals surface area contributed by atoms with Crippen molar-refractivity contribution in [2.45, 2.75) is 10.1 Å². The summed E-state index contributed by atoms with van der Waals surface area (Å²) >= 11 is 4.38. The highest BCUT2D eigenvalue weighted by Crippen LogP contribution is 2.35. The van der Waals surface area contributed by atoms with Crippen LogP contribution in [0.2, 0.25) is 0 Å². The third-order valence-corrected chi connectivity index (χ3v) is 4.26. The first-order valence-corrected chi connectivity index (χ1v) is 7.72. The second-order valence-electron chi connectivity index (χ2n) is 4.18. The average Bonchev–Trinajstić information content (AvgIpc) is 2.98. The van der Waals surface area contributed by atoms with Gasteiger partial charge < -0.3 is 0 Å². The SMILES string of the molecule is O=[N+]([O-])c1cc(Br)ccc1Sc1nnnn1-c1ccccc1. The summed E-state index contributed by atoms with van der Waals surface area (Å²) < 4.78 is 2.18. The number of rotatable bonds is 4. The van der Waals surface area contributed by atoms with E-state index in [-0.39, 0.29) is 5.69 Å². The highest BCUT2D eigenvalue weighted by molar-refractivity contribution is 9.10. The van der Waals surface area contributed by atoms with Gasteiger partial charge in [-0.2, -0.15) is 4.68 Å². The molecule has 1 heterocycles. The third-order valence-electron chi connectivity index (χ3n) is 2.76. The van der Waals surface area contributed by atoms with Gasteiger partial charge in [-0.05, 0) is 46.5 Å². The van der Waals surface area contributed by atoms with E-state index in [1.807, 2.05) is 30.3 Å². The van der Waals surface area contributed by atoms with E-state index in [0.29, 0.717) is 14.5 Å². The van der Waals surface area contributed by atoms with Gasteiger partial charge in [0.2, 0.25) is 5.16 Å². The molecular weight excluding hydrogens is 370 g/mol. The van der Waals surface area contributed by atoms with Crippen LogP contribution in [0.25, 0.3) is 5.69 Å². The topological polar surface area (TPSA) is 86.7 Å². The maximum absolute atomic E-state index is 11.2. The molecule has 0 unspecified atom stereocenters. The molecule has 2 aromatic carbocycles. The third kappa shape index (κ3) is 3.00. The van der Waals surface area contributed by atoms with Crippen LogP contribution in [0.5, 0.6) is 0 Å². The van der Waals surface area contributed by atoms with Crippen LogP contribution in [0.15, 0.2) is 63.1 Å². The van der Waals surface area contributed by atoms with E-state index < -0.39 is 4.92 Å². The van der Waals surface area contributed by atoms with Crippen LogP contribution in [-0.4, -0.2) is 25.1 Å². The fraction of sp³-hybridized carbons (Fsp3) is 0. The van der Waals surface area contributed by atoms with Gasteiger partial charge in [0.25, 0.3) is 5.69 Å². The van der Waals surface area contributed by atoms with Crippen LogP contribution in [-0.2, 0) is 0 Å². The van der Waals surface area contributed by atoms with Crippen molar-refractivity contribution in [1.82, 2.24) is 20.2 Å². The Kier molecular flexibility index (Phi) is 4.16. The molecule has 0 aliphatic carbocycles. The smallest absolute Gasteiger partial charge is 0.258 e. The van der Waals surface area contributed by atoms with E-state index in [2.05, 4.69) is 31.5 Å². The number of para-hydroxylation sites is 1. The quantitative estimate of drug-likeness (QED) is 0.510. The maximum Gasteiger partial charge on any atom is 0.284 e. The summed E-state index contributed by atoms with van der Waals surface area (Å²) in [5.74, 6) is 0. The molecule has 3 rings (SSSR count). The monoisotopic (exact) mass is 377 g/mol. The second kappa shape index (κ2) is 6.24. The summed E-state index contributed by atoms with van der Waals surface area (Å²) in [6.07, 6.45) is 0. The molecule has 0 bridgehead atoms. The molecule has 1 aromatic heterocycles. The Morgan fingerprint density at radius 2 is 1.95 bits per heavy atom. The standard InChI is InChI=1S/C13H8BrN5O2S/c14-9-6-7-12(11(8-9)19(20)21)22-13-15-16-17-18(13)10-4-2-1-3-5-10/h1-8H. The van der Waals surface area contributed by atoms with Crippen molar-refractivity contribution >= 4 is 33.4 Å². The summed E-state index contributed by atoms with van der Waals surface area (Å²) in [7, 11) is 0. The summed E-state index contributed by atoms with van der Waals surface area (Å²) in [5.41, 5.74) is 0.789. The predicted molar refractivity (Wildman–Crippen MR) is 84.1 cm³/mol. The van der Waals surface area contributed by atoms with Crippen LogP contribution in [0.4, 0.5) is 5.69 Å². The van der Waals surface area contributed by atoms with Crippen molar-refractivity contribution in [1.29, 1.82) is 0 Å². The number of aromatic nitrogens is 4. The minimum absolute atomic E-state index is 0.00184. The number of nitrogens with zero attached hydrogens (tertiary/aromatic N) is 5. The largest absolute Gasteiger partial charge is 0.284 e. The minimum atomic E-state index is -0.427. The molecule has 0 radical (unpaired) electrons. The van der Waals surface area contributed by atoms with E-state index in [1.165, 1.54) is 10.7 Å². The molecule has 0 fully saturated rings. The summed E-state index contributed by atoms with van der Waals surface area (Å²) in [6.45, 7) is 0. The zero-order valence-electron chi connectivity index (χ0n) is 11.0. The molecular formula is C13H8BrN5O2S. The number of hydrogen-bond donors (Lipinski definition) is 0. The van der Waals surface area contributed by atoms with Gasteiger partial charge in [0.05, 0.1) is 15.5 Å². The molecule has 0 aliphatic heterocycles. The van der Waals surface area contributed by atoms with Crippen LogP contribution < -0.4 is 0 Å². The summed E-state index contributed by atoms with van der Waals surface area (Å²) in [6, 6.07) is 14.2. The molecule has 0 N–H and O–H groups in total. The molecule has 0 saturated carbocycles. The van der Waals surface area contributed by atoms with E-state index in [4.69, 9.17) is 0 Å². The lowest BCUT2D eigenvalue weighted by atomic mass is 10.3. The number of halogens is 1. The van der Waals surface area contributed by atoms with Crippen LogP contribution >= 0.6 is 27.7 Å². The lowest BCUT2D eigenvalue weighted by molar-refractivity contribution is -0.387. The van der Waals surface area contributed by atoms with Crippen molar-refractivity contribution in [3.8, 4) is 5.69 Å². The Labute approximate surface area is 137 Å². The molecule has 0 spiro atoms. The van der Waals surface area contributed by atoms with E-state index >= 15 is 0 Å². The lowest BCUT2D eigenvalue weighted by Gasteiger charge is -2.04. The van der Waals surface area contributed by atoms with Crippen molar-refractivity contribution in [2.75, 3.05) is 0 Å². The Morgan fingerprint density at radius 3 is 2.68 bits per heavy atom. The highest BCUT2D eigenvalue weighted by atomic mass is 79.9. The van der Waals surface area contributed by atoms with Gasteiger partial charge in [-0.1, -0.05) is 34.1 Å². The van der Waals surface area contributed by atoms with Gasteiger partial charge in [-0.25, -0.2) is 0 Å². The van der Waals surface area contributed by atoms with E-state index in [0.717, 1.165) is 17.4 Å². The van der Waals surface area contributed by atoms with Gasteiger partial charge in [0, 0.05) is 10.5 Å². The van der Waals surface area contributed by atoms with Crippen LogP contribution in [0.1, 0.15) is 0 Å². The fourth-order valence-electron chi connectivity index (χ4n) is 1.79. The molecule has 3 aromatic rings. The molecule has 0 amide bonds. The zero-order valence-corrected chi connectivity index (χ0v) is 13.4. The van der Waals surface area contributed by atoms with Crippen LogP contribution in [0.3, 0.4) is 0 Å². The molecule has 0 saturated heterocycles. The lowest BCUT2D eigenvalue weighted by Crippen LogP contribution is -1.99. The van der Waals surface area contributed by atoms with Gasteiger partial charge in [-0.3, -0.25) is 10.1 Å². The average molecular weight is 378 g/mol. The highest BCUT2D eigenvalue weighted by Gasteiger charge is 2.19.